The van der Waals surface area contributed by atoms with Gasteiger partial charge in [0.2, 0.25) is 0 Å². The first-order valence-electron chi connectivity index (χ1n) is 10.6. The first-order chi connectivity index (χ1) is 16.2. The van der Waals surface area contributed by atoms with Gasteiger partial charge in [-0.1, -0.05) is 29.8 Å². The minimum Gasteiger partial charge on any atom is -0.462 e. The number of alkyl halides is 3. The number of nitrogens with zero attached hydrogens (tertiary/aromatic N) is 3. The number of nitriles is 1. The average molecular weight is 490 g/mol. The number of ether oxygens (including phenoxy) is 1. The average Bonchev–Trinajstić information content (AvgIpc) is 2.83. The second kappa shape index (κ2) is 11.1. The van der Waals surface area contributed by atoms with Crippen LogP contribution in [0.15, 0.2) is 66.3 Å². The summed E-state index contributed by atoms with van der Waals surface area (Å²) in [6, 6.07) is 14.3. The van der Waals surface area contributed by atoms with Gasteiger partial charge in [0.1, 0.15) is 11.6 Å². The first kappa shape index (κ1) is 25.2. The largest absolute Gasteiger partial charge is 0.462 e. The number of allylic oxidation sites excluding steroid dienone is 2. The summed E-state index contributed by atoms with van der Waals surface area (Å²) in [4.78, 5) is 15.9. The van der Waals surface area contributed by atoms with E-state index in [1.54, 1.807) is 31.2 Å². The van der Waals surface area contributed by atoms with Crippen LogP contribution in [-0.2, 0) is 15.7 Å². The highest BCUT2D eigenvalue weighted by molar-refractivity contribution is 6.30. The molecular weight excluding hydrogens is 467 g/mol. The molecule has 1 saturated heterocycles. The highest BCUT2D eigenvalue weighted by Crippen LogP contribution is 2.32. The van der Waals surface area contributed by atoms with Crippen LogP contribution in [0, 0.1) is 11.3 Å². The molecule has 0 unspecified atom stereocenters. The molecule has 2 aromatic rings. The second-order valence-corrected chi connectivity index (χ2v) is 7.93. The minimum absolute atomic E-state index is 0.129. The van der Waals surface area contributed by atoms with Crippen molar-refractivity contribution < 1.29 is 22.7 Å². The molecule has 3 rings (SSSR count). The van der Waals surface area contributed by atoms with Crippen LogP contribution in [-0.4, -0.2) is 43.7 Å². The lowest BCUT2D eigenvalue weighted by Crippen LogP contribution is -2.45. The lowest BCUT2D eigenvalue weighted by Gasteiger charge is -2.38. The lowest BCUT2D eigenvalue weighted by molar-refractivity contribution is -0.138. The van der Waals surface area contributed by atoms with Gasteiger partial charge in [-0.2, -0.15) is 18.4 Å². The maximum Gasteiger partial charge on any atom is 0.416 e. The molecule has 2 aromatic carbocycles. The minimum atomic E-state index is -4.40. The van der Waals surface area contributed by atoms with Gasteiger partial charge in [-0.15, -0.1) is 0 Å². The number of benzene rings is 2. The Morgan fingerprint density at radius 3 is 2.38 bits per heavy atom. The van der Waals surface area contributed by atoms with Gasteiger partial charge in [-0.3, -0.25) is 0 Å². The van der Waals surface area contributed by atoms with Gasteiger partial charge in [0.25, 0.3) is 0 Å². The number of halogens is 4. The zero-order valence-corrected chi connectivity index (χ0v) is 19.2. The predicted octanol–water partition coefficient (Wildman–Crippen LogP) is 5.53. The van der Waals surface area contributed by atoms with E-state index in [1.807, 2.05) is 23.1 Å². The summed E-state index contributed by atoms with van der Waals surface area (Å²) in [6.45, 7) is 3.87. The second-order valence-electron chi connectivity index (χ2n) is 7.49. The van der Waals surface area contributed by atoms with E-state index in [9.17, 15) is 23.2 Å². The summed E-state index contributed by atoms with van der Waals surface area (Å²) in [5.41, 5.74) is 1.30. The van der Waals surface area contributed by atoms with Crippen LogP contribution < -0.4 is 4.90 Å². The first-order valence-corrected chi connectivity index (χ1v) is 11.0. The third-order valence-corrected chi connectivity index (χ3v) is 5.57. The molecule has 1 fully saturated rings. The Balaban J connectivity index is 1.84. The predicted molar refractivity (Wildman–Crippen MR) is 125 cm³/mol. The lowest BCUT2D eigenvalue weighted by atomic mass is 10.1. The molecule has 1 aliphatic heterocycles. The fourth-order valence-electron chi connectivity index (χ4n) is 3.61. The molecule has 0 spiro atoms. The Hall–Kier alpha value is -3.44. The number of hydrogen-bond donors (Lipinski definition) is 0. The van der Waals surface area contributed by atoms with Crippen LogP contribution in [0.5, 0.6) is 0 Å². The maximum absolute atomic E-state index is 13.1. The number of esters is 1. The molecule has 9 heteroatoms. The van der Waals surface area contributed by atoms with Crippen molar-refractivity contribution in [1.82, 2.24) is 4.90 Å². The number of anilines is 1. The molecule has 0 bridgehead atoms. The Morgan fingerprint density at radius 2 is 1.79 bits per heavy atom. The Labute approximate surface area is 201 Å². The smallest absolute Gasteiger partial charge is 0.416 e. The van der Waals surface area contributed by atoms with Gasteiger partial charge < -0.3 is 14.5 Å². The van der Waals surface area contributed by atoms with Crippen molar-refractivity contribution in [1.29, 1.82) is 5.26 Å². The van der Waals surface area contributed by atoms with Crippen molar-refractivity contribution in [3.8, 4) is 6.07 Å². The summed E-state index contributed by atoms with van der Waals surface area (Å²) < 4.78 is 44.2. The molecule has 1 heterocycles. The molecule has 0 aromatic heterocycles. The van der Waals surface area contributed by atoms with E-state index in [2.05, 4.69) is 4.90 Å². The number of carbonyl (C=O) groups excluding carboxylic acids is 1. The highest BCUT2D eigenvalue weighted by atomic mass is 35.5. The fraction of sp³-hybridized carbons (Fsp3) is 0.280. The summed E-state index contributed by atoms with van der Waals surface area (Å²) in [7, 11) is 0. The summed E-state index contributed by atoms with van der Waals surface area (Å²) in [5, 5.41) is 9.89. The molecule has 5 nitrogen and oxygen atoms in total. The fourth-order valence-corrected chi connectivity index (χ4v) is 3.74. The van der Waals surface area contributed by atoms with Crippen molar-refractivity contribution >= 4 is 29.0 Å². The van der Waals surface area contributed by atoms with Crippen LogP contribution in [0.3, 0.4) is 0 Å². The molecule has 0 radical (unpaired) electrons. The van der Waals surface area contributed by atoms with Crippen molar-refractivity contribution in [2.75, 3.05) is 37.7 Å². The molecule has 0 amide bonds. The molecule has 0 aliphatic carbocycles. The van der Waals surface area contributed by atoms with Crippen LogP contribution in [0.4, 0.5) is 18.9 Å². The molecular formula is C25H23ClF3N3O2. The van der Waals surface area contributed by atoms with E-state index in [1.165, 1.54) is 12.1 Å². The topological polar surface area (TPSA) is 56.6 Å². The van der Waals surface area contributed by atoms with Crippen LogP contribution in [0.25, 0.3) is 5.70 Å². The summed E-state index contributed by atoms with van der Waals surface area (Å²) >= 11 is 6.02. The van der Waals surface area contributed by atoms with Crippen LogP contribution in [0.1, 0.15) is 18.1 Å². The van der Waals surface area contributed by atoms with Crippen molar-refractivity contribution in [3.05, 3.63) is 82.4 Å². The van der Waals surface area contributed by atoms with E-state index in [4.69, 9.17) is 16.3 Å². The monoisotopic (exact) mass is 489 g/mol. The van der Waals surface area contributed by atoms with E-state index in [0.717, 1.165) is 23.4 Å². The molecule has 0 saturated carbocycles. The number of hydrogen-bond acceptors (Lipinski definition) is 5. The zero-order valence-electron chi connectivity index (χ0n) is 18.5. The SMILES string of the molecule is CCOC(=O)C(C#N)=CC=C(c1ccc(Cl)cc1)N1CCN(c2cccc(C(F)(F)F)c2)CC1. The Bertz CT molecular complexity index is 1110. The summed E-state index contributed by atoms with van der Waals surface area (Å²) in [5.74, 6) is -0.703. The van der Waals surface area contributed by atoms with Gasteiger partial charge in [0.05, 0.1) is 12.2 Å². The van der Waals surface area contributed by atoms with E-state index >= 15 is 0 Å². The third-order valence-electron chi connectivity index (χ3n) is 5.32. The van der Waals surface area contributed by atoms with Gasteiger partial charge in [0.15, 0.2) is 0 Å². The normalized spacial score (nSPS) is 15.2. The number of piperazine rings is 1. The molecule has 0 N–H and O–H groups in total. The van der Waals surface area contributed by atoms with Gasteiger partial charge in [-0.05, 0) is 55.0 Å². The van der Waals surface area contributed by atoms with Crippen molar-refractivity contribution in [2.45, 2.75) is 13.1 Å². The van der Waals surface area contributed by atoms with Gasteiger partial charge in [-0.25, -0.2) is 4.79 Å². The van der Waals surface area contributed by atoms with E-state index in [-0.39, 0.29) is 12.2 Å². The Kier molecular flexibility index (Phi) is 8.24. The van der Waals surface area contributed by atoms with Gasteiger partial charge in [0, 0.05) is 42.6 Å². The van der Waals surface area contributed by atoms with E-state index in [0.29, 0.717) is 36.9 Å². The van der Waals surface area contributed by atoms with Crippen molar-refractivity contribution in [3.63, 3.8) is 0 Å². The standard InChI is InChI=1S/C25H23ClF3N3O2/c1-2-34-24(33)19(17-30)8-11-23(18-6-9-21(26)10-7-18)32-14-12-31(13-15-32)22-5-3-4-20(16-22)25(27,28)29/h3-11,16H,2,12-15H2,1H3. The van der Waals surface area contributed by atoms with Gasteiger partial charge >= 0.3 is 12.1 Å². The molecule has 34 heavy (non-hydrogen) atoms. The molecule has 178 valence electrons. The third kappa shape index (κ3) is 6.33. The maximum atomic E-state index is 13.1. The quantitative estimate of drug-likeness (QED) is 0.231. The molecule has 0 atom stereocenters. The number of rotatable bonds is 6. The Morgan fingerprint density at radius 1 is 1.12 bits per heavy atom. The molecule has 1 aliphatic rings. The highest BCUT2D eigenvalue weighted by Gasteiger charge is 2.31. The summed E-state index contributed by atoms with van der Waals surface area (Å²) in [6.07, 6.45) is -1.30. The number of carbonyl (C=O) groups is 1. The van der Waals surface area contributed by atoms with Crippen molar-refractivity contribution in [2.24, 2.45) is 0 Å². The zero-order chi connectivity index (χ0) is 24.7. The van der Waals surface area contributed by atoms with Crippen LogP contribution in [0.2, 0.25) is 5.02 Å². The van der Waals surface area contributed by atoms with Crippen LogP contribution >= 0.6 is 11.6 Å². The van der Waals surface area contributed by atoms with E-state index < -0.39 is 17.7 Å².